The average Bonchev–Trinajstić information content (AvgIpc) is 2.39. The second-order valence-electron chi connectivity index (χ2n) is 4.26. The molecule has 0 aromatic heterocycles. The normalized spacial score (nSPS) is 10.3. The number of benzene rings is 1. The Hall–Kier alpha value is -1.92. The van der Waals surface area contributed by atoms with E-state index in [2.05, 4.69) is 5.32 Å². The van der Waals surface area contributed by atoms with E-state index in [0.717, 1.165) is 6.42 Å². The van der Waals surface area contributed by atoms with E-state index in [0.29, 0.717) is 17.9 Å². The standard InChI is InChI=1S/C14H19NO5/c1-3-4-20-9-13(16)15-12-6-10(8-19-2)5-11(7-12)14(17)18/h5-7H,3-4,8-9H2,1-2H3,(H,15,16)(H,17,18). The first kappa shape index (κ1) is 16.1. The van der Waals surface area contributed by atoms with Crippen LogP contribution in [0.1, 0.15) is 29.3 Å². The molecule has 0 aliphatic rings. The SMILES string of the molecule is CCCOCC(=O)Nc1cc(COC)cc(C(=O)O)c1. The van der Waals surface area contributed by atoms with Gasteiger partial charge in [-0.25, -0.2) is 4.79 Å². The monoisotopic (exact) mass is 281 g/mol. The first-order valence-electron chi connectivity index (χ1n) is 6.30. The zero-order chi connectivity index (χ0) is 15.0. The third-order valence-electron chi connectivity index (χ3n) is 2.42. The highest BCUT2D eigenvalue weighted by Gasteiger charge is 2.09. The van der Waals surface area contributed by atoms with Gasteiger partial charge in [0.15, 0.2) is 0 Å². The molecule has 0 bridgehead atoms. The lowest BCUT2D eigenvalue weighted by Gasteiger charge is -2.09. The predicted molar refractivity (Wildman–Crippen MR) is 73.9 cm³/mol. The van der Waals surface area contributed by atoms with Gasteiger partial charge in [-0.2, -0.15) is 0 Å². The highest BCUT2D eigenvalue weighted by Crippen LogP contribution is 2.16. The number of ether oxygens (including phenoxy) is 2. The quantitative estimate of drug-likeness (QED) is 0.711. The van der Waals surface area contributed by atoms with Gasteiger partial charge in [-0.1, -0.05) is 6.92 Å². The van der Waals surface area contributed by atoms with Crippen molar-refractivity contribution in [1.82, 2.24) is 0 Å². The van der Waals surface area contributed by atoms with Crippen molar-refractivity contribution >= 4 is 17.6 Å². The van der Waals surface area contributed by atoms with Gasteiger partial charge in [0.05, 0.1) is 12.2 Å². The molecule has 0 radical (unpaired) electrons. The van der Waals surface area contributed by atoms with E-state index in [1.165, 1.54) is 19.2 Å². The molecule has 110 valence electrons. The number of nitrogens with one attached hydrogen (secondary N) is 1. The van der Waals surface area contributed by atoms with E-state index >= 15 is 0 Å². The third-order valence-corrected chi connectivity index (χ3v) is 2.42. The number of hydrogen-bond donors (Lipinski definition) is 2. The van der Waals surface area contributed by atoms with Gasteiger partial charge in [0.1, 0.15) is 6.61 Å². The smallest absolute Gasteiger partial charge is 0.335 e. The molecular formula is C14H19NO5. The topological polar surface area (TPSA) is 84.9 Å². The molecule has 2 N–H and O–H groups in total. The molecule has 6 heteroatoms. The molecule has 1 rings (SSSR count). The van der Waals surface area contributed by atoms with Crippen LogP contribution in [0.3, 0.4) is 0 Å². The summed E-state index contributed by atoms with van der Waals surface area (Å²) in [6.45, 7) is 2.68. The zero-order valence-corrected chi connectivity index (χ0v) is 11.6. The average molecular weight is 281 g/mol. The number of amides is 1. The van der Waals surface area contributed by atoms with E-state index in [-0.39, 0.29) is 24.7 Å². The van der Waals surface area contributed by atoms with Crippen LogP contribution in [0, 0.1) is 0 Å². The van der Waals surface area contributed by atoms with Crippen LogP contribution in [0.15, 0.2) is 18.2 Å². The number of carboxylic acid groups (broad SMARTS) is 1. The predicted octanol–water partition coefficient (Wildman–Crippen LogP) is 1.90. The number of carbonyl (C=O) groups excluding carboxylic acids is 1. The minimum absolute atomic E-state index is 0.0508. The Morgan fingerprint density at radius 1 is 1.30 bits per heavy atom. The molecule has 20 heavy (non-hydrogen) atoms. The summed E-state index contributed by atoms with van der Waals surface area (Å²) in [6.07, 6.45) is 0.833. The summed E-state index contributed by atoms with van der Waals surface area (Å²) >= 11 is 0. The molecule has 0 saturated heterocycles. The number of carbonyl (C=O) groups is 2. The molecule has 0 aliphatic heterocycles. The molecule has 0 unspecified atom stereocenters. The second-order valence-corrected chi connectivity index (χ2v) is 4.26. The summed E-state index contributed by atoms with van der Waals surface area (Å²) in [5, 5.41) is 11.6. The van der Waals surface area contributed by atoms with E-state index in [1.807, 2.05) is 6.92 Å². The maximum Gasteiger partial charge on any atom is 0.335 e. The van der Waals surface area contributed by atoms with Crippen LogP contribution in [0.25, 0.3) is 0 Å². The lowest BCUT2D eigenvalue weighted by Crippen LogP contribution is -2.19. The summed E-state index contributed by atoms with van der Waals surface area (Å²) in [5.41, 5.74) is 1.20. The zero-order valence-electron chi connectivity index (χ0n) is 11.6. The van der Waals surface area contributed by atoms with Crippen molar-refractivity contribution in [2.24, 2.45) is 0 Å². The van der Waals surface area contributed by atoms with Gasteiger partial charge in [0, 0.05) is 19.4 Å². The molecule has 0 atom stereocenters. The van der Waals surface area contributed by atoms with Gasteiger partial charge < -0.3 is 19.9 Å². The van der Waals surface area contributed by atoms with Gasteiger partial charge in [-0.05, 0) is 30.2 Å². The van der Waals surface area contributed by atoms with Crippen LogP contribution in [0.5, 0.6) is 0 Å². The Morgan fingerprint density at radius 2 is 2.05 bits per heavy atom. The molecule has 0 saturated carbocycles. The summed E-state index contributed by atoms with van der Waals surface area (Å²) in [7, 11) is 1.52. The molecule has 1 aromatic carbocycles. The van der Waals surface area contributed by atoms with E-state index in [4.69, 9.17) is 14.6 Å². The number of aromatic carboxylic acids is 1. The molecule has 1 aromatic rings. The van der Waals surface area contributed by atoms with Crippen molar-refractivity contribution in [2.75, 3.05) is 25.6 Å². The van der Waals surface area contributed by atoms with Crippen LogP contribution in [-0.2, 0) is 20.9 Å². The Bertz CT molecular complexity index is 473. The van der Waals surface area contributed by atoms with Crippen LogP contribution < -0.4 is 5.32 Å². The molecule has 0 spiro atoms. The number of carboxylic acids is 1. The molecule has 0 aliphatic carbocycles. The Labute approximate surface area is 117 Å². The highest BCUT2D eigenvalue weighted by atomic mass is 16.5. The first-order chi connectivity index (χ1) is 9.56. The summed E-state index contributed by atoms with van der Waals surface area (Å²) in [5.74, 6) is -1.37. The molecule has 1 amide bonds. The van der Waals surface area contributed by atoms with Crippen LogP contribution in [0.2, 0.25) is 0 Å². The van der Waals surface area contributed by atoms with Crippen molar-refractivity contribution < 1.29 is 24.2 Å². The van der Waals surface area contributed by atoms with Crippen molar-refractivity contribution in [3.8, 4) is 0 Å². The number of rotatable bonds is 8. The fourth-order valence-electron chi connectivity index (χ4n) is 1.64. The Morgan fingerprint density at radius 3 is 2.65 bits per heavy atom. The maximum absolute atomic E-state index is 11.6. The lowest BCUT2D eigenvalue weighted by atomic mass is 10.1. The summed E-state index contributed by atoms with van der Waals surface area (Å²) in [6, 6.07) is 4.59. The molecule has 0 fully saturated rings. The number of anilines is 1. The van der Waals surface area contributed by atoms with E-state index in [9.17, 15) is 9.59 Å². The van der Waals surface area contributed by atoms with Crippen LogP contribution in [-0.4, -0.2) is 37.3 Å². The van der Waals surface area contributed by atoms with Crippen molar-refractivity contribution in [3.05, 3.63) is 29.3 Å². The van der Waals surface area contributed by atoms with Gasteiger partial charge in [-0.3, -0.25) is 4.79 Å². The Balaban J connectivity index is 2.77. The minimum atomic E-state index is -1.05. The van der Waals surface area contributed by atoms with Crippen molar-refractivity contribution in [3.63, 3.8) is 0 Å². The van der Waals surface area contributed by atoms with Crippen LogP contribution >= 0.6 is 0 Å². The third kappa shape index (κ3) is 5.38. The van der Waals surface area contributed by atoms with E-state index < -0.39 is 5.97 Å². The first-order valence-corrected chi connectivity index (χ1v) is 6.30. The molecular weight excluding hydrogens is 262 g/mol. The fourth-order valence-corrected chi connectivity index (χ4v) is 1.64. The summed E-state index contributed by atoms with van der Waals surface area (Å²) < 4.78 is 10.1. The van der Waals surface area contributed by atoms with E-state index in [1.54, 1.807) is 6.07 Å². The van der Waals surface area contributed by atoms with Crippen molar-refractivity contribution in [2.45, 2.75) is 20.0 Å². The minimum Gasteiger partial charge on any atom is -0.478 e. The lowest BCUT2D eigenvalue weighted by molar-refractivity contribution is -0.120. The van der Waals surface area contributed by atoms with Crippen LogP contribution in [0.4, 0.5) is 5.69 Å². The molecule has 0 heterocycles. The fraction of sp³-hybridized carbons (Fsp3) is 0.429. The highest BCUT2D eigenvalue weighted by molar-refractivity contribution is 5.94. The summed E-state index contributed by atoms with van der Waals surface area (Å²) in [4.78, 5) is 22.7. The van der Waals surface area contributed by atoms with Gasteiger partial charge in [0.25, 0.3) is 0 Å². The van der Waals surface area contributed by atoms with Crippen molar-refractivity contribution in [1.29, 1.82) is 0 Å². The van der Waals surface area contributed by atoms with Gasteiger partial charge in [0.2, 0.25) is 5.91 Å². The Kier molecular flexibility index (Phi) is 6.69. The number of methoxy groups -OCH3 is 1. The van der Waals surface area contributed by atoms with Gasteiger partial charge in [-0.15, -0.1) is 0 Å². The van der Waals surface area contributed by atoms with Gasteiger partial charge >= 0.3 is 5.97 Å². The maximum atomic E-state index is 11.6. The number of hydrogen-bond acceptors (Lipinski definition) is 4. The largest absolute Gasteiger partial charge is 0.478 e. The molecule has 6 nitrogen and oxygen atoms in total. The second kappa shape index (κ2) is 8.29.